The standard InChI is InChI=1S/C24H18F3N3O3S/c1-14(31)15-3-7-17(8-4-15)29-22(32)13-34-23-19(12-28)20(24(25,26)27)11-21(30-23)16-5-9-18(33-2)10-6-16/h3-11H,13H2,1-2H3,(H,29,32). The molecule has 0 saturated carbocycles. The van der Waals surface area contributed by atoms with Crippen LogP contribution in [-0.4, -0.2) is 29.5 Å². The van der Waals surface area contributed by atoms with E-state index in [1.165, 1.54) is 14.0 Å². The van der Waals surface area contributed by atoms with Gasteiger partial charge >= 0.3 is 6.18 Å². The average molecular weight is 485 g/mol. The highest BCUT2D eigenvalue weighted by Gasteiger charge is 2.36. The third-order valence-corrected chi connectivity index (χ3v) is 5.68. The van der Waals surface area contributed by atoms with E-state index in [1.807, 2.05) is 0 Å². The van der Waals surface area contributed by atoms with E-state index in [0.29, 0.717) is 22.6 Å². The van der Waals surface area contributed by atoms with Crippen LogP contribution in [0.3, 0.4) is 0 Å². The second kappa shape index (κ2) is 10.4. The number of ketones is 1. The van der Waals surface area contributed by atoms with Gasteiger partial charge in [0.15, 0.2) is 5.78 Å². The van der Waals surface area contributed by atoms with Gasteiger partial charge in [-0.05, 0) is 61.5 Å². The summed E-state index contributed by atoms with van der Waals surface area (Å²) in [7, 11) is 1.47. The number of thioether (sulfide) groups is 1. The third kappa shape index (κ3) is 5.94. The summed E-state index contributed by atoms with van der Waals surface area (Å²) in [5.41, 5.74) is -0.464. The predicted molar refractivity (Wildman–Crippen MR) is 122 cm³/mol. The molecular weight excluding hydrogens is 467 g/mol. The highest BCUT2D eigenvalue weighted by Crippen LogP contribution is 2.38. The number of nitriles is 1. The van der Waals surface area contributed by atoms with Crippen molar-refractivity contribution >= 4 is 29.1 Å². The van der Waals surface area contributed by atoms with Gasteiger partial charge in [0.1, 0.15) is 16.8 Å². The topological polar surface area (TPSA) is 92.1 Å². The summed E-state index contributed by atoms with van der Waals surface area (Å²) in [5, 5.41) is 11.8. The van der Waals surface area contributed by atoms with Crippen molar-refractivity contribution in [3.63, 3.8) is 0 Å². The molecule has 3 aromatic rings. The van der Waals surface area contributed by atoms with E-state index in [1.54, 1.807) is 54.6 Å². The molecule has 3 rings (SSSR count). The second-order valence-corrected chi connectivity index (χ2v) is 8.01. The number of hydrogen-bond acceptors (Lipinski definition) is 6. The Morgan fingerprint density at radius 3 is 2.29 bits per heavy atom. The number of halogens is 3. The molecule has 0 spiro atoms. The fourth-order valence-electron chi connectivity index (χ4n) is 2.99. The maximum atomic E-state index is 13.7. The first kappa shape index (κ1) is 24.8. The Bertz CT molecular complexity index is 1250. The first-order valence-electron chi connectivity index (χ1n) is 9.82. The predicted octanol–water partition coefficient (Wildman–Crippen LogP) is 5.58. The minimum absolute atomic E-state index is 0.0108. The summed E-state index contributed by atoms with van der Waals surface area (Å²) in [6.07, 6.45) is -4.79. The Morgan fingerprint density at radius 2 is 1.76 bits per heavy atom. The van der Waals surface area contributed by atoms with Crippen molar-refractivity contribution in [2.75, 3.05) is 18.2 Å². The SMILES string of the molecule is COc1ccc(-c2cc(C(F)(F)F)c(C#N)c(SCC(=O)Nc3ccc(C(C)=O)cc3)n2)cc1. The first-order chi connectivity index (χ1) is 16.1. The highest BCUT2D eigenvalue weighted by molar-refractivity contribution is 8.00. The van der Waals surface area contributed by atoms with Gasteiger partial charge in [0.2, 0.25) is 5.91 Å². The smallest absolute Gasteiger partial charge is 0.417 e. The van der Waals surface area contributed by atoms with E-state index in [2.05, 4.69) is 10.3 Å². The molecule has 10 heteroatoms. The molecule has 174 valence electrons. The van der Waals surface area contributed by atoms with Gasteiger partial charge < -0.3 is 10.1 Å². The fourth-order valence-corrected chi connectivity index (χ4v) is 3.79. The number of aromatic nitrogens is 1. The molecule has 1 aromatic heterocycles. The van der Waals surface area contributed by atoms with Crippen LogP contribution in [-0.2, 0) is 11.0 Å². The number of nitrogens with one attached hydrogen (secondary N) is 1. The normalized spacial score (nSPS) is 10.9. The van der Waals surface area contributed by atoms with Gasteiger partial charge in [-0.1, -0.05) is 11.8 Å². The van der Waals surface area contributed by atoms with E-state index in [4.69, 9.17) is 4.74 Å². The Balaban J connectivity index is 1.87. The number of carbonyl (C=O) groups is 2. The number of nitrogens with zero attached hydrogens (tertiary/aromatic N) is 2. The summed E-state index contributed by atoms with van der Waals surface area (Å²) >= 11 is 0.729. The number of anilines is 1. The van der Waals surface area contributed by atoms with Crippen LogP contribution >= 0.6 is 11.8 Å². The van der Waals surface area contributed by atoms with Crippen molar-refractivity contribution in [3.8, 4) is 23.1 Å². The maximum Gasteiger partial charge on any atom is 0.417 e. The Kier molecular flexibility index (Phi) is 7.58. The molecule has 0 bridgehead atoms. The van der Waals surface area contributed by atoms with Crippen LogP contribution in [0.15, 0.2) is 59.6 Å². The van der Waals surface area contributed by atoms with Crippen molar-refractivity contribution in [2.24, 2.45) is 0 Å². The molecule has 0 aliphatic heterocycles. The minimum Gasteiger partial charge on any atom is -0.497 e. The van der Waals surface area contributed by atoms with Crippen LogP contribution in [0, 0.1) is 11.3 Å². The molecule has 0 atom stereocenters. The minimum atomic E-state index is -4.79. The van der Waals surface area contributed by atoms with Gasteiger partial charge in [0.05, 0.1) is 29.7 Å². The van der Waals surface area contributed by atoms with E-state index >= 15 is 0 Å². The lowest BCUT2D eigenvalue weighted by Gasteiger charge is -2.14. The zero-order valence-corrected chi connectivity index (χ0v) is 18.9. The Labute approximate surface area is 197 Å². The summed E-state index contributed by atoms with van der Waals surface area (Å²) in [5.74, 6) is -0.383. The quantitative estimate of drug-likeness (QED) is 0.347. The van der Waals surface area contributed by atoms with Crippen LogP contribution in [0.4, 0.5) is 18.9 Å². The average Bonchev–Trinajstić information content (AvgIpc) is 2.82. The number of methoxy groups -OCH3 is 1. The highest BCUT2D eigenvalue weighted by atomic mass is 32.2. The molecule has 6 nitrogen and oxygen atoms in total. The van der Waals surface area contributed by atoms with Gasteiger partial charge in [-0.3, -0.25) is 9.59 Å². The lowest BCUT2D eigenvalue weighted by Crippen LogP contribution is -2.15. The lowest BCUT2D eigenvalue weighted by atomic mass is 10.1. The number of amides is 1. The monoisotopic (exact) mass is 485 g/mol. The molecule has 0 radical (unpaired) electrons. The number of pyridine rings is 1. The Morgan fingerprint density at radius 1 is 1.12 bits per heavy atom. The van der Waals surface area contributed by atoms with Crippen molar-refractivity contribution in [3.05, 3.63) is 71.3 Å². The molecule has 0 unspecified atom stereocenters. The van der Waals surface area contributed by atoms with Crippen LogP contribution in [0.5, 0.6) is 5.75 Å². The molecule has 0 saturated heterocycles. The van der Waals surface area contributed by atoms with Gasteiger partial charge in [-0.25, -0.2) is 4.98 Å². The van der Waals surface area contributed by atoms with Crippen LogP contribution in [0.25, 0.3) is 11.3 Å². The van der Waals surface area contributed by atoms with E-state index in [0.717, 1.165) is 17.8 Å². The molecule has 0 aliphatic carbocycles. The van der Waals surface area contributed by atoms with Gasteiger partial charge in [-0.15, -0.1) is 0 Å². The number of alkyl halides is 3. The van der Waals surface area contributed by atoms with Gasteiger partial charge in [-0.2, -0.15) is 18.4 Å². The molecule has 1 heterocycles. The molecule has 1 amide bonds. The third-order valence-electron chi connectivity index (χ3n) is 4.70. The zero-order valence-electron chi connectivity index (χ0n) is 18.1. The molecular formula is C24H18F3N3O3S. The number of Topliss-reactive ketones (excluding diaryl/α,β-unsaturated/α-hetero) is 1. The van der Waals surface area contributed by atoms with Crippen LogP contribution < -0.4 is 10.1 Å². The fraction of sp³-hybridized carbons (Fsp3) is 0.167. The summed E-state index contributed by atoms with van der Waals surface area (Å²) in [6.45, 7) is 1.42. The molecule has 2 aromatic carbocycles. The van der Waals surface area contributed by atoms with Crippen molar-refractivity contribution < 1.29 is 27.5 Å². The van der Waals surface area contributed by atoms with Crippen LogP contribution in [0.1, 0.15) is 28.4 Å². The maximum absolute atomic E-state index is 13.7. The second-order valence-electron chi connectivity index (χ2n) is 7.04. The largest absolute Gasteiger partial charge is 0.497 e. The van der Waals surface area contributed by atoms with Crippen molar-refractivity contribution in [2.45, 2.75) is 18.1 Å². The number of benzene rings is 2. The summed E-state index contributed by atoms with van der Waals surface area (Å²) in [4.78, 5) is 27.9. The first-order valence-corrected chi connectivity index (χ1v) is 10.8. The Hall–Kier alpha value is -3.84. The number of rotatable bonds is 7. The van der Waals surface area contributed by atoms with E-state index in [9.17, 15) is 28.0 Å². The van der Waals surface area contributed by atoms with Crippen molar-refractivity contribution in [1.29, 1.82) is 5.26 Å². The number of ether oxygens (including phenoxy) is 1. The molecule has 0 aliphatic rings. The molecule has 34 heavy (non-hydrogen) atoms. The zero-order chi connectivity index (χ0) is 24.9. The van der Waals surface area contributed by atoms with Gasteiger partial charge in [0, 0.05) is 16.8 Å². The van der Waals surface area contributed by atoms with Crippen LogP contribution in [0.2, 0.25) is 0 Å². The number of carbonyl (C=O) groups excluding carboxylic acids is 2. The number of hydrogen-bond donors (Lipinski definition) is 1. The lowest BCUT2D eigenvalue weighted by molar-refractivity contribution is -0.138. The summed E-state index contributed by atoms with van der Waals surface area (Å²) < 4.78 is 46.1. The van der Waals surface area contributed by atoms with E-state index in [-0.39, 0.29) is 22.3 Å². The van der Waals surface area contributed by atoms with Crippen molar-refractivity contribution in [1.82, 2.24) is 4.98 Å². The molecule has 1 N–H and O–H groups in total. The molecule has 0 fully saturated rings. The summed E-state index contributed by atoms with van der Waals surface area (Å²) in [6, 6.07) is 14.9. The van der Waals surface area contributed by atoms with Gasteiger partial charge in [0.25, 0.3) is 0 Å². The van der Waals surface area contributed by atoms with E-state index < -0.39 is 23.2 Å².